The third-order valence-corrected chi connectivity index (χ3v) is 14.2. The Bertz CT molecular complexity index is 2270. The number of aromatic nitrogens is 3. The number of nitrogens with zero attached hydrogens (tertiary/aromatic N) is 6. The minimum atomic E-state index is -3.41. The highest BCUT2D eigenvalue weighted by molar-refractivity contribution is 6.72. The van der Waals surface area contributed by atoms with Gasteiger partial charge < -0.3 is 18.9 Å². The van der Waals surface area contributed by atoms with E-state index >= 15 is 4.11 Å². The minimum absolute atomic E-state index is 0.0819. The predicted octanol–water partition coefficient (Wildman–Crippen LogP) is 8.00. The lowest BCUT2D eigenvalue weighted by atomic mass is 9.82. The molecule has 1 saturated heterocycles. The molecule has 1 N–H and O–H groups in total. The van der Waals surface area contributed by atoms with E-state index in [4.69, 9.17) is 21.4 Å². The van der Waals surface area contributed by atoms with Crippen molar-refractivity contribution in [2.75, 3.05) is 16.5 Å². The van der Waals surface area contributed by atoms with Gasteiger partial charge in [-0.3, -0.25) is 14.3 Å². The Morgan fingerprint density at radius 2 is 1.70 bits per heavy atom. The summed E-state index contributed by atoms with van der Waals surface area (Å²) in [5.41, 5.74) is 4.27. The fourth-order valence-electron chi connectivity index (χ4n) is 8.86. The van der Waals surface area contributed by atoms with Gasteiger partial charge in [-0.2, -0.15) is 5.10 Å². The average molecular weight is 791 g/mol. The van der Waals surface area contributed by atoms with E-state index in [-0.39, 0.29) is 30.9 Å². The maximum atomic E-state index is 16.5. The Kier molecular flexibility index (Phi) is 10.2. The number of carbonyl (C=O) groups is 2. The van der Waals surface area contributed by atoms with Crippen LogP contribution in [0.5, 0.6) is 0 Å². The molecule has 5 atom stereocenters. The van der Waals surface area contributed by atoms with Crippen LogP contribution >= 0.6 is 11.6 Å². The van der Waals surface area contributed by atoms with Gasteiger partial charge in [0.2, 0.25) is 14.3 Å². The van der Waals surface area contributed by atoms with Gasteiger partial charge >= 0.3 is 0 Å². The molecule has 56 heavy (non-hydrogen) atoms. The van der Waals surface area contributed by atoms with Crippen molar-refractivity contribution < 1.29 is 23.5 Å². The van der Waals surface area contributed by atoms with Gasteiger partial charge in [-0.25, -0.2) is 5.01 Å². The quantitative estimate of drug-likeness (QED) is 0.107. The Morgan fingerprint density at radius 1 is 0.982 bits per heavy atom. The van der Waals surface area contributed by atoms with Crippen molar-refractivity contribution in [1.29, 1.82) is 0 Å². The summed E-state index contributed by atoms with van der Waals surface area (Å²) in [6, 6.07) is 32.4. The van der Waals surface area contributed by atoms with E-state index in [9.17, 15) is 14.7 Å². The van der Waals surface area contributed by atoms with Gasteiger partial charge in [0.25, 0.3) is 5.91 Å². The Labute approximate surface area is 331 Å². The molecular weight excluding hydrogens is 747 g/mol. The number of ether oxygens (including phenoxy) is 1. The van der Waals surface area contributed by atoms with E-state index in [1.54, 1.807) is 34.8 Å². The summed E-state index contributed by atoms with van der Waals surface area (Å²) in [4.78, 5) is 29.6. The minimum Gasteiger partial charge on any atom is -0.395 e. The molecule has 0 aliphatic carbocycles. The van der Waals surface area contributed by atoms with Crippen LogP contribution in [0.25, 0.3) is 0 Å². The first-order chi connectivity index (χ1) is 27.0. The van der Waals surface area contributed by atoms with E-state index in [0.29, 0.717) is 53.5 Å². The Hall–Kier alpha value is -5.01. The summed E-state index contributed by atoms with van der Waals surface area (Å²) in [5, 5.41) is 25.5. The molecule has 3 aliphatic rings. The number of hydrazone groups is 1. The SMILES string of the molecule is C[C@H]1[C@H]([Si](C)(C)F)[C@@H](CCn2cc(C(CO)c3ccccc3)nn2)O[C@]12C(=O)N(Cc1ccc(N3N=C(c4ccccc4)CCC3=O)cc1)c1ccc(Cl)cc12. The molecule has 0 saturated carbocycles. The van der Waals surface area contributed by atoms with E-state index in [1.807, 2.05) is 104 Å². The second-order valence-electron chi connectivity index (χ2n) is 15.4. The monoisotopic (exact) mass is 790 g/mol. The standard InChI is InChI=1S/C43H44ClFN6O4Si/c1-28-41(56(2,3)45)39(22-23-49-26-37(46-48-49)34(27-52)30-10-6-4-7-11-30)55-43(28)35-24-32(44)16-20-38(35)50(42(43)54)25-29-14-17-33(18-15-29)51-40(53)21-19-36(47-51)31-12-8-5-9-13-31/h4-18,20,24,26,28,34,39,41,52H,19,21-23,25,27H2,1-3H3/t28-,34?,39+,41-,43+/m0/s1. The number of aliphatic hydroxyl groups excluding tert-OH is 1. The molecule has 13 heteroatoms. The highest BCUT2D eigenvalue weighted by Gasteiger charge is 2.66. The highest BCUT2D eigenvalue weighted by atomic mass is 35.5. The highest BCUT2D eigenvalue weighted by Crippen LogP contribution is 2.60. The van der Waals surface area contributed by atoms with Crippen molar-refractivity contribution >= 4 is 48.9 Å². The number of rotatable bonds is 11. The summed E-state index contributed by atoms with van der Waals surface area (Å²) >= 11 is 6.60. The molecule has 2 amide bonds. The molecule has 0 bridgehead atoms. The number of anilines is 2. The molecule has 1 spiro atoms. The summed E-state index contributed by atoms with van der Waals surface area (Å²) in [5.74, 6) is -1.14. The average Bonchev–Trinajstić information content (AvgIpc) is 3.85. The molecular formula is C43H44ClFN6O4Si. The smallest absolute Gasteiger partial charge is 0.264 e. The number of hydrogen-bond donors (Lipinski definition) is 1. The number of halogens is 2. The van der Waals surface area contributed by atoms with Crippen LogP contribution in [0.3, 0.4) is 0 Å². The summed E-state index contributed by atoms with van der Waals surface area (Å²) < 4.78 is 25.1. The molecule has 1 fully saturated rings. The Balaban J connectivity index is 1.04. The van der Waals surface area contributed by atoms with Crippen molar-refractivity contribution in [3.8, 4) is 0 Å². The Morgan fingerprint density at radius 3 is 2.39 bits per heavy atom. The van der Waals surface area contributed by atoms with Crippen molar-refractivity contribution in [2.45, 2.75) is 75.5 Å². The van der Waals surface area contributed by atoms with Gasteiger partial charge in [0.1, 0.15) is 0 Å². The first-order valence-electron chi connectivity index (χ1n) is 19.1. The van der Waals surface area contributed by atoms with Crippen LogP contribution in [-0.2, 0) is 33.0 Å². The first kappa shape index (κ1) is 37.9. The molecule has 10 nitrogen and oxygen atoms in total. The van der Waals surface area contributed by atoms with Gasteiger partial charge in [-0.15, -0.1) is 5.10 Å². The van der Waals surface area contributed by atoms with E-state index in [1.165, 1.54) is 5.01 Å². The molecule has 1 unspecified atom stereocenters. The van der Waals surface area contributed by atoms with Gasteiger partial charge in [0.05, 0.1) is 48.0 Å². The van der Waals surface area contributed by atoms with Gasteiger partial charge in [0, 0.05) is 47.6 Å². The number of amides is 2. The molecule has 4 aromatic carbocycles. The lowest BCUT2D eigenvalue weighted by Crippen LogP contribution is -2.45. The van der Waals surface area contributed by atoms with Crippen LogP contribution in [0.4, 0.5) is 15.5 Å². The van der Waals surface area contributed by atoms with Crippen molar-refractivity contribution in [2.24, 2.45) is 11.0 Å². The van der Waals surface area contributed by atoms with Gasteiger partial charge in [0.15, 0.2) is 5.60 Å². The number of fused-ring (bicyclic) bond motifs is 2. The second-order valence-corrected chi connectivity index (χ2v) is 19.7. The van der Waals surface area contributed by atoms with Gasteiger partial charge in [-0.05, 0) is 66.5 Å². The van der Waals surface area contributed by atoms with Crippen LogP contribution in [0.15, 0.2) is 114 Å². The predicted molar refractivity (Wildman–Crippen MR) is 217 cm³/mol. The van der Waals surface area contributed by atoms with E-state index in [2.05, 4.69) is 10.3 Å². The molecule has 0 radical (unpaired) electrons. The van der Waals surface area contributed by atoms with Gasteiger partial charge in [-0.1, -0.05) is 96.5 Å². The number of aryl methyl sites for hydroxylation is 1. The second kappa shape index (κ2) is 15.1. The van der Waals surface area contributed by atoms with Crippen LogP contribution in [0.1, 0.15) is 60.1 Å². The van der Waals surface area contributed by atoms with Crippen LogP contribution in [0, 0.1) is 5.92 Å². The maximum Gasteiger partial charge on any atom is 0.264 e. The molecule has 8 rings (SSSR count). The van der Waals surface area contributed by atoms with Crippen molar-refractivity contribution in [1.82, 2.24) is 15.0 Å². The largest absolute Gasteiger partial charge is 0.395 e. The summed E-state index contributed by atoms with van der Waals surface area (Å²) in [6.07, 6.45) is 2.57. The number of aliphatic hydroxyl groups is 1. The molecule has 288 valence electrons. The lowest BCUT2D eigenvalue weighted by Gasteiger charge is -2.31. The molecule has 3 aliphatic heterocycles. The number of carbonyl (C=O) groups excluding carboxylic acids is 2. The third-order valence-electron chi connectivity index (χ3n) is 11.5. The van der Waals surface area contributed by atoms with E-state index in [0.717, 1.165) is 22.4 Å². The molecule has 1 aromatic heterocycles. The lowest BCUT2D eigenvalue weighted by molar-refractivity contribution is -0.146. The fourth-order valence-corrected chi connectivity index (χ4v) is 11.6. The number of benzene rings is 4. The summed E-state index contributed by atoms with van der Waals surface area (Å²) in [6.45, 7) is 5.79. The molecule has 4 heterocycles. The zero-order valence-corrected chi connectivity index (χ0v) is 33.3. The van der Waals surface area contributed by atoms with Crippen molar-refractivity contribution in [3.63, 3.8) is 0 Å². The third kappa shape index (κ3) is 6.89. The zero-order valence-electron chi connectivity index (χ0n) is 31.6. The zero-order chi connectivity index (χ0) is 39.2. The first-order valence-corrected chi connectivity index (χ1v) is 22.4. The van der Waals surface area contributed by atoms with Crippen LogP contribution < -0.4 is 9.91 Å². The van der Waals surface area contributed by atoms with Crippen molar-refractivity contribution in [3.05, 3.63) is 142 Å². The number of hydrogen-bond acceptors (Lipinski definition) is 7. The van der Waals surface area contributed by atoms with Crippen LogP contribution in [0.2, 0.25) is 23.7 Å². The topological polar surface area (TPSA) is 113 Å². The fraction of sp³-hybridized carbons (Fsp3) is 0.326. The maximum absolute atomic E-state index is 16.5. The van der Waals surface area contributed by atoms with Crippen LogP contribution in [-0.4, -0.2) is 58.7 Å². The summed E-state index contributed by atoms with van der Waals surface area (Å²) in [7, 11) is -3.41. The van der Waals surface area contributed by atoms with E-state index < -0.39 is 31.6 Å². The normalized spacial score (nSPS) is 22.8. The molecule has 5 aromatic rings.